The van der Waals surface area contributed by atoms with Crippen molar-refractivity contribution in [2.75, 3.05) is 13.1 Å². The van der Waals surface area contributed by atoms with Crippen LogP contribution in [0.15, 0.2) is 57.7 Å². The van der Waals surface area contributed by atoms with Gasteiger partial charge in [0.1, 0.15) is 18.1 Å². The third kappa shape index (κ3) is 4.26. The van der Waals surface area contributed by atoms with Crippen LogP contribution in [0.1, 0.15) is 40.7 Å². The van der Waals surface area contributed by atoms with E-state index >= 15 is 0 Å². The summed E-state index contributed by atoms with van der Waals surface area (Å²) in [6.07, 6.45) is 4.97. The minimum Gasteiger partial charge on any atom is -0.462 e. The molecule has 0 spiro atoms. The van der Waals surface area contributed by atoms with Crippen LogP contribution in [0.25, 0.3) is 12.2 Å². The van der Waals surface area contributed by atoms with Crippen molar-refractivity contribution in [2.24, 2.45) is 5.92 Å². The smallest absolute Gasteiger partial charge is 0.258 e. The van der Waals surface area contributed by atoms with Crippen molar-refractivity contribution >= 4 is 23.8 Å². The number of halogens is 1. The molecule has 0 saturated carbocycles. The normalized spacial score (nSPS) is 20.8. The number of pyridine rings is 1. The predicted molar refractivity (Wildman–Crippen MR) is 122 cm³/mol. The van der Waals surface area contributed by atoms with E-state index in [4.69, 9.17) is 16.0 Å². The van der Waals surface area contributed by atoms with Gasteiger partial charge in [0, 0.05) is 41.8 Å². The van der Waals surface area contributed by atoms with E-state index in [2.05, 4.69) is 11.0 Å². The molecule has 2 aliphatic rings. The van der Waals surface area contributed by atoms with Gasteiger partial charge in [-0.05, 0) is 60.4 Å². The van der Waals surface area contributed by atoms with Crippen molar-refractivity contribution in [3.63, 3.8) is 0 Å². The summed E-state index contributed by atoms with van der Waals surface area (Å²) in [7, 11) is 0. The number of furan rings is 1. The second-order valence-electron chi connectivity index (χ2n) is 8.53. The van der Waals surface area contributed by atoms with Gasteiger partial charge in [-0.3, -0.25) is 9.69 Å². The molecule has 2 atom stereocenters. The number of aromatic nitrogens is 1. The second-order valence-corrected chi connectivity index (χ2v) is 8.97. The van der Waals surface area contributed by atoms with Gasteiger partial charge in [-0.25, -0.2) is 0 Å². The molecule has 0 aliphatic carbocycles. The van der Waals surface area contributed by atoms with Gasteiger partial charge in [-0.1, -0.05) is 29.8 Å². The number of hydrogen-bond donors (Lipinski definition) is 1. The lowest BCUT2D eigenvalue weighted by Gasteiger charge is -2.42. The summed E-state index contributed by atoms with van der Waals surface area (Å²) in [5.74, 6) is 2.28. The molecular weight excluding hydrogens is 412 g/mol. The Labute approximate surface area is 186 Å². The molecule has 0 unspecified atom stereocenters. The molecule has 2 aromatic heterocycles. The van der Waals surface area contributed by atoms with Crippen LogP contribution in [0.3, 0.4) is 0 Å². The number of rotatable bonds is 5. The van der Waals surface area contributed by atoms with Crippen LogP contribution >= 0.6 is 11.6 Å². The summed E-state index contributed by atoms with van der Waals surface area (Å²) in [5.41, 5.74) is 2.94. The lowest BCUT2D eigenvalue weighted by molar-refractivity contribution is 0.106. The highest BCUT2D eigenvalue weighted by atomic mass is 35.5. The standard InChI is InChI=1S/C25H25ClN2O3/c26-21-6-2-17(3-7-21)1-4-19-5-10-24-20-11-18(13-28(24)25(19)30)12-27(14-20)15-22-8-9-23(16-29)31-22/h1-10,18,20,29H,11-16H2/b4-1+/t18-,20+/m0/s1. The first-order valence-electron chi connectivity index (χ1n) is 10.7. The van der Waals surface area contributed by atoms with E-state index < -0.39 is 0 Å². The summed E-state index contributed by atoms with van der Waals surface area (Å²) in [4.78, 5) is 15.6. The van der Waals surface area contributed by atoms with Gasteiger partial charge in [0.25, 0.3) is 5.56 Å². The fourth-order valence-corrected chi connectivity index (χ4v) is 5.02. The number of likely N-dealkylation sites (tertiary alicyclic amines) is 1. The van der Waals surface area contributed by atoms with E-state index in [0.717, 1.165) is 49.6 Å². The minimum absolute atomic E-state index is 0.0731. The number of hydrogen-bond acceptors (Lipinski definition) is 4. The highest BCUT2D eigenvalue weighted by Crippen LogP contribution is 2.35. The van der Waals surface area contributed by atoms with E-state index in [1.165, 1.54) is 0 Å². The van der Waals surface area contributed by atoms with E-state index in [9.17, 15) is 9.90 Å². The minimum atomic E-state index is -0.0731. The maximum Gasteiger partial charge on any atom is 0.258 e. The van der Waals surface area contributed by atoms with E-state index in [-0.39, 0.29) is 12.2 Å². The van der Waals surface area contributed by atoms with E-state index in [1.54, 1.807) is 0 Å². The zero-order valence-electron chi connectivity index (χ0n) is 17.2. The van der Waals surface area contributed by atoms with Crippen LogP contribution in [0.4, 0.5) is 0 Å². The third-order valence-corrected chi connectivity index (χ3v) is 6.54. The number of aliphatic hydroxyl groups is 1. The fourth-order valence-electron chi connectivity index (χ4n) is 4.89. The van der Waals surface area contributed by atoms with Crippen LogP contribution < -0.4 is 5.56 Å². The molecule has 1 saturated heterocycles. The van der Waals surface area contributed by atoms with Gasteiger partial charge in [0.05, 0.1) is 6.54 Å². The van der Waals surface area contributed by atoms with Crippen molar-refractivity contribution in [1.29, 1.82) is 0 Å². The molecule has 0 radical (unpaired) electrons. The van der Waals surface area contributed by atoms with Crippen molar-refractivity contribution in [3.8, 4) is 0 Å². The van der Waals surface area contributed by atoms with Crippen molar-refractivity contribution in [1.82, 2.24) is 9.47 Å². The molecule has 31 heavy (non-hydrogen) atoms. The van der Waals surface area contributed by atoms with Gasteiger partial charge in [0.2, 0.25) is 0 Å². The molecule has 5 nitrogen and oxygen atoms in total. The number of benzene rings is 1. The van der Waals surface area contributed by atoms with Crippen molar-refractivity contribution < 1.29 is 9.52 Å². The maximum atomic E-state index is 13.2. The molecule has 3 aromatic rings. The van der Waals surface area contributed by atoms with E-state index in [0.29, 0.717) is 28.2 Å². The van der Waals surface area contributed by atoms with Gasteiger partial charge in [0.15, 0.2) is 0 Å². The van der Waals surface area contributed by atoms with Gasteiger partial charge in [-0.2, -0.15) is 0 Å². The molecule has 1 fully saturated rings. The quantitative estimate of drug-likeness (QED) is 0.645. The van der Waals surface area contributed by atoms with Crippen molar-refractivity contribution in [3.05, 3.63) is 92.2 Å². The average Bonchev–Trinajstić information content (AvgIpc) is 3.22. The molecule has 5 rings (SSSR count). The highest BCUT2D eigenvalue weighted by molar-refractivity contribution is 6.30. The SMILES string of the molecule is O=c1c(/C=C/c2ccc(Cl)cc2)ccc2n1C[C@H]1C[C@@H]2CN(Cc2ccc(CO)o2)C1. The first-order chi connectivity index (χ1) is 15.1. The average molecular weight is 437 g/mol. The Morgan fingerprint density at radius 3 is 2.58 bits per heavy atom. The Balaban J connectivity index is 1.35. The Bertz CT molecular complexity index is 1160. The number of aliphatic hydroxyl groups excluding tert-OH is 1. The maximum absolute atomic E-state index is 13.2. The van der Waals surface area contributed by atoms with Gasteiger partial charge in [-0.15, -0.1) is 0 Å². The number of nitrogens with zero attached hydrogens (tertiary/aromatic N) is 2. The second kappa shape index (κ2) is 8.50. The molecule has 160 valence electrons. The zero-order chi connectivity index (χ0) is 21.4. The van der Waals surface area contributed by atoms with Gasteiger partial charge < -0.3 is 14.1 Å². The van der Waals surface area contributed by atoms with Crippen LogP contribution in [-0.4, -0.2) is 27.7 Å². The topological polar surface area (TPSA) is 58.6 Å². The van der Waals surface area contributed by atoms with E-state index in [1.807, 2.05) is 59.2 Å². The largest absolute Gasteiger partial charge is 0.462 e. The summed E-state index contributed by atoms with van der Waals surface area (Å²) >= 11 is 5.95. The highest BCUT2D eigenvalue weighted by Gasteiger charge is 2.35. The molecule has 1 N–H and O–H groups in total. The third-order valence-electron chi connectivity index (χ3n) is 6.29. The van der Waals surface area contributed by atoms with Crippen LogP contribution in [0.2, 0.25) is 5.02 Å². The van der Waals surface area contributed by atoms with Crippen LogP contribution in [-0.2, 0) is 19.7 Å². The Morgan fingerprint density at radius 2 is 1.81 bits per heavy atom. The molecule has 4 heterocycles. The molecule has 6 heteroatoms. The fraction of sp³-hybridized carbons (Fsp3) is 0.320. The molecular formula is C25H25ClN2O3. The number of piperidine rings is 1. The summed E-state index contributed by atoms with van der Waals surface area (Å²) in [5, 5.41) is 9.91. The van der Waals surface area contributed by atoms with Crippen LogP contribution in [0, 0.1) is 5.92 Å². The first-order valence-corrected chi connectivity index (χ1v) is 11.0. The van der Waals surface area contributed by atoms with Crippen molar-refractivity contribution in [2.45, 2.75) is 32.0 Å². The van der Waals surface area contributed by atoms with Gasteiger partial charge >= 0.3 is 0 Å². The monoisotopic (exact) mass is 436 g/mol. The Kier molecular flexibility index (Phi) is 5.57. The lowest BCUT2D eigenvalue weighted by atomic mass is 9.83. The molecule has 0 amide bonds. The molecule has 1 aromatic carbocycles. The summed E-state index contributed by atoms with van der Waals surface area (Å²) < 4.78 is 7.65. The Morgan fingerprint density at radius 1 is 1.00 bits per heavy atom. The van der Waals surface area contributed by atoms with Crippen LogP contribution in [0.5, 0.6) is 0 Å². The Hall–Kier alpha value is -2.60. The first kappa shape index (κ1) is 20.3. The molecule has 2 bridgehead atoms. The summed E-state index contributed by atoms with van der Waals surface area (Å²) in [6.45, 7) is 3.27. The predicted octanol–water partition coefficient (Wildman–Crippen LogP) is 4.38. The summed E-state index contributed by atoms with van der Waals surface area (Å²) in [6, 6.07) is 15.4. The number of fused-ring (bicyclic) bond motifs is 4. The lowest BCUT2D eigenvalue weighted by Crippen LogP contribution is -2.47. The molecule has 2 aliphatic heterocycles. The zero-order valence-corrected chi connectivity index (χ0v) is 18.0.